The maximum Gasteiger partial charge on any atom is 0.191 e. The number of nitrogens with zero attached hydrogens (tertiary/aromatic N) is 3. The number of halogens is 1. The molecule has 1 aliphatic rings. The van der Waals surface area contributed by atoms with E-state index in [0.717, 1.165) is 51.6 Å². The second kappa shape index (κ2) is 13.1. The van der Waals surface area contributed by atoms with Crippen LogP contribution < -0.4 is 15.5 Å². The van der Waals surface area contributed by atoms with E-state index in [4.69, 9.17) is 0 Å². The lowest BCUT2D eigenvalue weighted by molar-refractivity contribution is 0.253. The van der Waals surface area contributed by atoms with Gasteiger partial charge in [-0.25, -0.2) is 0 Å². The van der Waals surface area contributed by atoms with Crippen LogP contribution in [0.25, 0.3) is 0 Å². The van der Waals surface area contributed by atoms with Crippen molar-refractivity contribution in [3.63, 3.8) is 0 Å². The van der Waals surface area contributed by atoms with Gasteiger partial charge in [-0.2, -0.15) is 0 Å². The van der Waals surface area contributed by atoms with Crippen molar-refractivity contribution >= 4 is 47.0 Å². The Morgan fingerprint density at radius 1 is 1.03 bits per heavy atom. The Morgan fingerprint density at radius 3 is 2.45 bits per heavy atom. The van der Waals surface area contributed by atoms with Crippen LogP contribution in [-0.4, -0.2) is 57.2 Å². The Hall–Kier alpha value is -1.32. The molecule has 0 aliphatic carbocycles. The van der Waals surface area contributed by atoms with E-state index in [2.05, 4.69) is 74.1 Å². The molecule has 0 spiro atoms. The van der Waals surface area contributed by atoms with E-state index in [0.29, 0.717) is 0 Å². The molecular formula is C22H34IN5S. The number of nitrogens with one attached hydrogen (secondary N) is 2. The molecule has 1 fully saturated rings. The fraction of sp³-hybridized carbons (Fsp3) is 0.500. The molecule has 3 rings (SSSR count). The molecule has 1 aliphatic heterocycles. The molecule has 0 atom stereocenters. The first kappa shape index (κ1) is 24.0. The number of anilines is 1. The summed E-state index contributed by atoms with van der Waals surface area (Å²) >= 11 is 1.79. The monoisotopic (exact) mass is 527 g/mol. The molecule has 0 unspecified atom stereocenters. The van der Waals surface area contributed by atoms with Crippen LogP contribution in [0.1, 0.15) is 23.3 Å². The summed E-state index contributed by atoms with van der Waals surface area (Å²) in [6.07, 6.45) is 2.39. The Morgan fingerprint density at radius 2 is 1.79 bits per heavy atom. The van der Waals surface area contributed by atoms with Crippen molar-refractivity contribution in [1.82, 2.24) is 15.5 Å². The van der Waals surface area contributed by atoms with Crippen molar-refractivity contribution < 1.29 is 0 Å². The largest absolute Gasteiger partial charge is 0.369 e. The molecule has 1 saturated heterocycles. The van der Waals surface area contributed by atoms with Gasteiger partial charge in [0.2, 0.25) is 0 Å². The van der Waals surface area contributed by atoms with Gasteiger partial charge in [0.15, 0.2) is 5.96 Å². The molecule has 1 aromatic carbocycles. The van der Waals surface area contributed by atoms with E-state index in [-0.39, 0.29) is 24.0 Å². The Kier molecular flexibility index (Phi) is 10.8. The zero-order chi connectivity index (χ0) is 19.6. The fourth-order valence-corrected chi connectivity index (χ4v) is 4.35. The lowest BCUT2D eigenvalue weighted by Crippen LogP contribution is -2.46. The molecular weight excluding hydrogens is 493 g/mol. The number of hydrogen-bond acceptors (Lipinski definition) is 4. The summed E-state index contributed by atoms with van der Waals surface area (Å²) in [5.41, 5.74) is 2.70. The van der Waals surface area contributed by atoms with Crippen LogP contribution in [0.2, 0.25) is 0 Å². The molecule has 29 heavy (non-hydrogen) atoms. The first-order chi connectivity index (χ1) is 13.8. The Balaban J connectivity index is 0.00000300. The van der Waals surface area contributed by atoms with E-state index in [1.165, 1.54) is 29.1 Å². The molecule has 0 saturated carbocycles. The van der Waals surface area contributed by atoms with Crippen LogP contribution in [0.3, 0.4) is 0 Å². The summed E-state index contributed by atoms with van der Waals surface area (Å²) < 4.78 is 0. The van der Waals surface area contributed by atoms with Crippen LogP contribution in [0.4, 0.5) is 5.69 Å². The number of aliphatic imine (C=N–C) groups is 1. The predicted octanol–water partition coefficient (Wildman–Crippen LogP) is 3.94. The maximum atomic E-state index is 4.32. The van der Waals surface area contributed by atoms with E-state index in [1.54, 1.807) is 11.3 Å². The topological polar surface area (TPSA) is 42.9 Å². The molecule has 0 amide bonds. The fourth-order valence-electron chi connectivity index (χ4n) is 3.51. The second-order valence-corrected chi connectivity index (χ2v) is 8.25. The lowest BCUT2D eigenvalue weighted by Gasteiger charge is -2.36. The minimum Gasteiger partial charge on any atom is -0.369 e. The number of aryl methyl sites for hydroxylation is 1. The van der Waals surface area contributed by atoms with E-state index in [1.807, 2.05) is 7.05 Å². The highest BCUT2D eigenvalue weighted by Crippen LogP contribution is 2.16. The molecule has 2 heterocycles. The summed E-state index contributed by atoms with van der Waals surface area (Å²) in [4.78, 5) is 10.8. The summed E-state index contributed by atoms with van der Waals surface area (Å²) in [6.45, 7) is 9.72. The van der Waals surface area contributed by atoms with Crippen molar-refractivity contribution in [2.45, 2.75) is 26.3 Å². The first-order valence-corrected chi connectivity index (χ1v) is 11.1. The summed E-state index contributed by atoms with van der Waals surface area (Å²) in [7, 11) is 1.84. The van der Waals surface area contributed by atoms with E-state index in [9.17, 15) is 0 Å². The highest BCUT2D eigenvalue weighted by Gasteiger charge is 2.16. The van der Waals surface area contributed by atoms with Gasteiger partial charge in [-0.1, -0.05) is 18.2 Å². The number of hydrogen-bond donors (Lipinski definition) is 2. The molecule has 5 nitrogen and oxygen atoms in total. The predicted molar refractivity (Wildman–Crippen MR) is 137 cm³/mol. The Bertz CT molecular complexity index is 726. The number of thiophene rings is 1. The lowest BCUT2D eigenvalue weighted by atomic mass is 10.2. The highest BCUT2D eigenvalue weighted by atomic mass is 127. The molecule has 2 aromatic rings. The average molecular weight is 528 g/mol. The number of para-hydroxylation sites is 1. The van der Waals surface area contributed by atoms with Crippen molar-refractivity contribution in [2.24, 2.45) is 4.99 Å². The Labute approximate surface area is 196 Å². The van der Waals surface area contributed by atoms with Crippen molar-refractivity contribution in [3.8, 4) is 0 Å². The average Bonchev–Trinajstić information content (AvgIpc) is 3.16. The van der Waals surface area contributed by atoms with E-state index >= 15 is 0 Å². The third kappa shape index (κ3) is 7.79. The minimum atomic E-state index is 0. The molecule has 0 bridgehead atoms. The van der Waals surface area contributed by atoms with Crippen LogP contribution in [0, 0.1) is 6.92 Å². The van der Waals surface area contributed by atoms with Crippen molar-refractivity contribution in [1.29, 1.82) is 0 Å². The smallest absolute Gasteiger partial charge is 0.191 e. The van der Waals surface area contributed by atoms with E-state index < -0.39 is 0 Å². The standard InChI is InChI=1S/C22H33N5S.HI/c1-19-10-17-28-21(19)18-25-22(23-2)24-11-6-7-12-26-13-15-27(16-14-26)20-8-4-3-5-9-20;/h3-5,8-10,17H,6-7,11-16,18H2,1-2H3,(H2,23,24,25);1H. The summed E-state index contributed by atoms with van der Waals surface area (Å²) in [6, 6.07) is 12.9. The van der Waals surface area contributed by atoms with Gasteiger partial charge in [0.1, 0.15) is 0 Å². The van der Waals surface area contributed by atoms with Gasteiger partial charge >= 0.3 is 0 Å². The van der Waals surface area contributed by atoms with Gasteiger partial charge in [-0.05, 0) is 55.5 Å². The van der Waals surface area contributed by atoms with Gasteiger partial charge in [-0.3, -0.25) is 9.89 Å². The zero-order valence-corrected chi connectivity index (χ0v) is 20.7. The number of benzene rings is 1. The van der Waals surface area contributed by atoms with Crippen molar-refractivity contribution in [3.05, 3.63) is 52.2 Å². The first-order valence-electron chi connectivity index (χ1n) is 10.3. The van der Waals surface area contributed by atoms with Crippen LogP contribution in [0.5, 0.6) is 0 Å². The number of piperazine rings is 1. The molecule has 1 aromatic heterocycles. The van der Waals surface area contributed by atoms with Crippen LogP contribution >= 0.6 is 35.3 Å². The summed E-state index contributed by atoms with van der Waals surface area (Å²) in [5.74, 6) is 0.893. The van der Waals surface area contributed by atoms with Crippen molar-refractivity contribution in [2.75, 3.05) is 51.2 Å². The molecule has 0 radical (unpaired) electrons. The summed E-state index contributed by atoms with van der Waals surface area (Å²) in [5, 5.41) is 8.98. The van der Waals surface area contributed by atoms with Gasteiger partial charge in [0.25, 0.3) is 0 Å². The number of unbranched alkanes of at least 4 members (excludes halogenated alkanes) is 1. The SMILES string of the molecule is CN=C(NCCCCN1CCN(c2ccccc2)CC1)NCc1sccc1C.I. The van der Waals surface area contributed by atoms with Crippen LogP contribution in [0.15, 0.2) is 46.8 Å². The van der Waals surface area contributed by atoms with Gasteiger partial charge < -0.3 is 15.5 Å². The van der Waals surface area contributed by atoms with Crippen LogP contribution in [-0.2, 0) is 6.54 Å². The molecule has 7 heteroatoms. The normalized spacial score (nSPS) is 15.1. The quantitative estimate of drug-likeness (QED) is 0.236. The maximum absolute atomic E-state index is 4.32. The second-order valence-electron chi connectivity index (χ2n) is 7.25. The van der Waals surface area contributed by atoms with Gasteiger partial charge in [-0.15, -0.1) is 35.3 Å². The third-order valence-electron chi connectivity index (χ3n) is 5.30. The van der Waals surface area contributed by atoms with Gasteiger partial charge in [0.05, 0.1) is 6.54 Å². The number of rotatable bonds is 8. The minimum absolute atomic E-state index is 0. The molecule has 160 valence electrons. The molecule has 2 N–H and O–H groups in total. The van der Waals surface area contributed by atoms with Gasteiger partial charge in [0, 0.05) is 50.3 Å². The third-order valence-corrected chi connectivity index (χ3v) is 6.32. The zero-order valence-electron chi connectivity index (χ0n) is 17.6. The number of guanidine groups is 1. The highest BCUT2D eigenvalue weighted by molar-refractivity contribution is 14.0.